The van der Waals surface area contributed by atoms with E-state index in [2.05, 4.69) is 16.0 Å². The van der Waals surface area contributed by atoms with E-state index in [-0.39, 0.29) is 36.9 Å². The molecule has 3 amide bonds. The van der Waals surface area contributed by atoms with Crippen LogP contribution >= 0.6 is 0 Å². The van der Waals surface area contributed by atoms with E-state index in [0.29, 0.717) is 18.5 Å². The summed E-state index contributed by atoms with van der Waals surface area (Å²) in [6.45, 7) is 6.84. The second kappa shape index (κ2) is 11.7. The Morgan fingerprint density at radius 3 is 2.21 bits per heavy atom. The predicted molar refractivity (Wildman–Crippen MR) is 105 cm³/mol. The maximum atomic E-state index is 12.3. The maximum absolute atomic E-state index is 12.3. The van der Waals surface area contributed by atoms with Gasteiger partial charge < -0.3 is 20.7 Å². The summed E-state index contributed by atoms with van der Waals surface area (Å²) in [7, 11) is 0. The van der Waals surface area contributed by atoms with Crippen molar-refractivity contribution in [2.45, 2.75) is 53.2 Å². The molecule has 0 heterocycles. The van der Waals surface area contributed by atoms with Crippen molar-refractivity contribution in [3.63, 3.8) is 0 Å². The molecule has 0 aliphatic heterocycles. The number of benzene rings is 1. The summed E-state index contributed by atoms with van der Waals surface area (Å²) < 4.78 is 4.89. The Morgan fingerprint density at radius 1 is 1.04 bits per heavy atom. The van der Waals surface area contributed by atoms with Gasteiger partial charge in [0.05, 0.1) is 6.54 Å². The topological polar surface area (TPSA) is 114 Å². The summed E-state index contributed by atoms with van der Waals surface area (Å²) in [5.41, 5.74) is 1.35. The van der Waals surface area contributed by atoms with Crippen LogP contribution in [-0.4, -0.2) is 36.3 Å². The number of rotatable bonds is 10. The molecule has 1 atom stereocenters. The van der Waals surface area contributed by atoms with Gasteiger partial charge in [0.1, 0.15) is 12.6 Å². The van der Waals surface area contributed by atoms with Crippen molar-refractivity contribution in [2.24, 2.45) is 5.92 Å². The van der Waals surface area contributed by atoms with Gasteiger partial charge in [-0.25, -0.2) is 0 Å². The van der Waals surface area contributed by atoms with Crippen LogP contribution in [0.1, 0.15) is 46.1 Å². The fraction of sp³-hybridized carbons (Fsp3) is 0.500. The highest BCUT2D eigenvalue weighted by molar-refractivity contribution is 5.96. The molecule has 0 saturated heterocycles. The molecule has 1 rings (SSSR count). The zero-order valence-corrected chi connectivity index (χ0v) is 16.8. The van der Waals surface area contributed by atoms with E-state index in [4.69, 9.17) is 4.74 Å². The lowest BCUT2D eigenvalue weighted by atomic mass is 10.0. The van der Waals surface area contributed by atoms with Crippen molar-refractivity contribution in [2.75, 3.05) is 11.9 Å². The molecule has 1 unspecified atom stereocenters. The molecule has 0 saturated carbocycles. The third-order valence-corrected chi connectivity index (χ3v) is 3.85. The first kappa shape index (κ1) is 23.1. The minimum absolute atomic E-state index is 0.103. The number of amides is 3. The minimum atomic E-state index is -0.688. The average Bonchev–Trinajstić information content (AvgIpc) is 2.63. The van der Waals surface area contributed by atoms with E-state index in [0.717, 1.165) is 5.56 Å². The third kappa shape index (κ3) is 8.66. The number of anilines is 1. The van der Waals surface area contributed by atoms with Gasteiger partial charge in [0.2, 0.25) is 17.7 Å². The minimum Gasteiger partial charge on any atom is -0.461 e. The van der Waals surface area contributed by atoms with Gasteiger partial charge in [-0.1, -0.05) is 32.9 Å². The number of carbonyl (C=O) groups is 4. The first-order valence-corrected chi connectivity index (χ1v) is 9.32. The first-order chi connectivity index (χ1) is 13.2. The molecule has 0 bridgehead atoms. The van der Waals surface area contributed by atoms with E-state index in [1.54, 1.807) is 24.3 Å². The van der Waals surface area contributed by atoms with Gasteiger partial charge in [0.15, 0.2) is 0 Å². The van der Waals surface area contributed by atoms with Gasteiger partial charge in [0.25, 0.3) is 0 Å². The van der Waals surface area contributed by atoms with Crippen LogP contribution in [0, 0.1) is 5.92 Å². The zero-order valence-electron chi connectivity index (χ0n) is 16.8. The van der Waals surface area contributed by atoms with Crippen molar-refractivity contribution < 1.29 is 23.9 Å². The summed E-state index contributed by atoms with van der Waals surface area (Å²) in [5.74, 6) is -1.43. The highest BCUT2D eigenvalue weighted by atomic mass is 16.5. The Bertz CT molecular complexity index is 686. The van der Waals surface area contributed by atoms with Gasteiger partial charge in [-0.3, -0.25) is 19.2 Å². The Hall–Kier alpha value is -2.90. The fourth-order valence-corrected chi connectivity index (χ4v) is 2.36. The molecule has 0 radical (unpaired) electrons. The highest BCUT2D eigenvalue weighted by Crippen LogP contribution is 2.10. The van der Waals surface area contributed by atoms with Crippen molar-refractivity contribution >= 4 is 29.4 Å². The molecule has 0 aliphatic rings. The van der Waals surface area contributed by atoms with Crippen LogP contribution in [0.2, 0.25) is 0 Å². The summed E-state index contributed by atoms with van der Waals surface area (Å²) >= 11 is 0. The Morgan fingerprint density at radius 2 is 1.68 bits per heavy atom. The van der Waals surface area contributed by atoms with Crippen molar-refractivity contribution in [1.29, 1.82) is 0 Å². The summed E-state index contributed by atoms with van der Waals surface area (Å²) in [5, 5.41) is 7.92. The van der Waals surface area contributed by atoms with E-state index in [1.165, 1.54) is 6.92 Å². The van der Waals surface area contributed by atoms with E-state index in [1.807, 2.05) is 20.8 Å². The van der Waals surface area contributed by atoms with Gasteiger partial charge in [0, 0.05) is 19.0 Å². The SMILES string of the molecule is CCCC(=O)NC(C(=O)NCC(=O)Nc1ccc(COC(C)=O)cc1)C(C)C. The number of hydrogen-bond donors (Lipinski definition) is 3. The molecule has 154 valence electrons. The lowest BCUT2D eigenvalue weighted by Gasteiger charge is -2.21. The second-order valence-electron chi connectivity index (χ2n) is 6.78. The summed E-state index contributed by atoms with van der Waals surface area (Å²) in [6, 6.07) is 6.14. The van der Waals surface area contributed by atoms with E-state index >= 15 is 0 Å². The number of nitrogens with one attached hydrogen (secondary N) is 3. The standard InChI is InChI=1S/C20H29N3O5/c1-5-6-17(25)23-19(13(2)3)20(27)21-11-18(26)22-16-9-7-15(8-10-16)12-28-14(4)24/h7-10,13,19H,5-6,11-12H2,1-4H3,(H,21,27)(H,22,26)(H,23,25). The summed E-state index contributed by atoms with van der Waals surface area (Å²) in [6.07, 6.45) is 1.05. The Balaban J connectivity index is 2.50. The third-order valence-electron chi connectivity index (χ3n) is 3.85. The highest BCUT2D eigenvalue weighted by Gasteiger charge is 2.24. The quantitative estimate of drug-likeness (QED) is 0.526. The molecule has 28 heavy (non-hydrogen) atoms. The fourth-order valence-electron chi connectivity index (χ4n) is 2.36. The van der Waals surface area contributed by atoms with Gasteiger partial charge >= 0.3 is 5.97 Å². The smallest absolute Gasteiger partial charge is 0.302 e. The normalized spacial score (nSPS) is 11.5. The van der Waals surface area contributed by atoms with Crippen LogP contribution in [0.4, 0.5) is 5.69 Å². The van der Waals surface area contributed by atoms with E-state index < -0.39 is 11.9 Å². The van der Waals surface area contributed by atoms with Crippen molar-refractivity contribution in [3.05, 3.63) is 29.8 Å². The molecule has 1 aromatic carbocycles. The predicted octanol–water partition coefficient (Wildman–Crippen LogP) is 1.75. The molecule has 0 fully saturated rings. The first-order valence-electron chi connectivity index (χ1n) is 9.32. The number of esters is 1. The number of hydrogen-bond acceptors (Lipinski definition) is 5. The lowest BCUT2D eigenvalue weighted by molar-refractivity contribution is -0.142. The van der Waals surface area contributed by atoms with Crippen LogP contribution in [0.5, 0.6) is 0 Å². The largest absolute Gasteiger partial charge is 0.461 e. The zero-order chi connectivity index (χ0) is 21.1. The molecular weight excluding hydrogens is 362 g/mol. The van der Waals surface area contributed by atoms with Crippen LogP contribution in [0.25, 0.3) is 0 Å². The monoisotopic (exact) mass is 391 g/mol. The van der Waals surface area contributed by atoms with Crippen LogP contribution < -0.4 is 16.0 Å². The van der Waals surface area contributed by atoms with Crippen LogP contribution in [-0.2, 0) is 30.5 Å². The molecule has 1 aromatic rings. The van der Waals surface area contributed by atoms with E-state index in [9.17, 15) is 19.2 Å². The molecule has 0 aromatic heterocycles. The molecule has 3 N–H and O–H groups in total. The van der Waals surface area contributed by atoms with Crippen molar-refractivity contribution in [3.8, 4) is 0 Å². The second-order valence-corrected chi connectivity index (χ2v) is 6.78. The van der Waals surface area contributed by atoms with Gasteiger partial charge in [-0.2, -0.15) is 0 Å². The van der Waals surface area contributed by atoms with Crippen LogP contribution in [0.3, 0.4) is 0 Å². The average molecular weight is 391 g/mol. The summed E-state index contributed by atoms with van der Waals surface area (Å²) in [4.78, 5) is 46.9. The molecule has 0 aliphatic carbocycles. The van der Waals surface area contributed by atoms with Crippen LogP contribution in [0.15, 0.2) is 24.3 Å². The Kier molecular flexibility index (Phi) is 9.70. The molecule has 8 nitrogen and oxygen atoms in total. The Labute approximate surface area is 165 Å². The van der Waals surface area contributed by atoms with Gasteiger partial charge in [-0.05, 0) is 30.0 Å². The number of carbonyl (C=O) groups excluding carboxylic acids is 4. The molecule has 8 heteroatoms. The molecular formula is C20H29N3O5. The maximum Gasteiger partial charge on any atom is 0.302 e. The molecule has 0 spiro atoms. The lowest BCUT2D eigenvalue weighted by Crippen LogP contribution is -2.50. The number of ether oxygens (including phenoxy) is 1. The van der Waals surface area contributed by atoms with Gasteiger partial charge in [-0.15, -0.1) is 0 Å². The van der Waals surface area contributed by atoms with Crippen molar-refractivity contribution in [1.82, 2.24) is 10.6 Å².